The average Bonchev–Trinajstić information content (AvgIpc) is 3.04. The Labute approximate surface area is 146 Å². The molecular weight excluding hydrogens is 318 g/mol. The second-order valence-electron chi connectivity index (χ2n) is 6.39. The van der Waals surface area contributed by atoms with Crippen molar-refractivity contribution in [2.45, 2.75) is 19.4 Å². The fraction of sp³-hybridized carbons (Fsp3) is 0.300. The zero-order valence-corrected chi connectivity index (χ0v) is 14.1. The van der Waals surface area contributed by atoms with Gasteiger partial charge in [0, 0.05) is 19.5 Å². The first-order valence-electron chi connectivity index (χ1n) is 8.28. The summed E-state index contributed by atoms with van der Waals surface area (Å²) >= 11 is 0. The van der Waals surface area contributed by atoms with Gasteiger partial charge in [-0.3, -0.25) is 4.79 Å². The highest BCUT2D eigenvalue weighted by Crippen LogP contribution is 2.28. The van der Waals surface area contributed by atoms with E-state index in [9.17, 15) is 9.59 Å². The highest BCUT2D eigenvalue weighted by atomic mass is 16.5. The lowest BCUT2D eigenvalue weighted by atomic mass is 10.0. The number of carbonyl (C=O) groups is 2. The van der Waals surface area contributed by atoms with Gasteiger partial charge in [-0.05, 0) is 41.7 Å². The van der Waals surface area contributed by atoms with Gasteiger partial charge in [0.1, 0.15) is 5.75 Å². The van der Waals surface area contributed by atoms with Crippen LogP contribution in [0.25, 0.3) is 0 Å². The summed E-state index contributed by atoms with van der Waals surface area (Å²) in [5, 5.41) is 8.61. The molecule has 1 N–H and O–H groups in total. The Morgan fingerprint density at radius 2 is 1.68 bits per heavy atom. The number of carboxylic acids is 1. The Balaban J connectivity index is 1.56. The van der Waals surface area contributed by atoms with Crippen molar-refractivity contribution in [3.05, 3.63) is 65.2 Å². The summed E-state index contributed by atoms with van der Waals surface area (Å²) in [5.74, 6) is -0.332. The van der Waals surface area contributed by atoms with Gasteiger partial charge >= 0.3 is 5.97 Å². The molecule has 2 aromatic carbocycles. The molecular formula is C20H21NO4. The zero-order chi connectivity index (χ0) is 17.8. The summed E-state index contributed by atoms with van der Waals surface area (Å²) < 4.78 is 5.11. The molecule has 0 fully saturated rings. The monoisotopic (exact) mass is 339 g/mol. The van der Waals surface area contributed by atoms with Crippen LogP contribution in [-0.2, 0) is 29.0 Å². The zero-order valence-electron chi connectivity index (χ0n) is 14.1. The van der Waals surface area contributed by atoms with E-state index in [0.29, 0.717) is 12.3 Å². The molecule has 0 saturated heterocycles. The number of amides is 1. The maximum Gasteiger partial charge on any atom is 0.341 e. The molecule has 0 unspecified atom stereocenters. The maximum absolute atomic E-state index is 12.7. The van der Waals surface area contributed by atoms with Crippen LogP contribution in [0.4, 0.5) is 0 Å². The van der Waals surface area contributed by atoms with Crippen LogP contribution in [-0.4, -0.2) is 35.5 Å². The Hall–Kier alpha value is -2.82. The van der Waals surface area contributed by atoms with Crippen molar-refractivity contribution in [3.63, 3.8) is 0 Å². The van der Waals surface area contributed by atoms with E-state index in [2.05, 4.69) is 12.1 Å². The first-order chi connectivity index (χ1) is 12.0. The normalized spacial score (nSPS) is 13.3. The van der Waals surface area contributed by atoms with Gasteiger partial charge in [0.2, 0.25) is 5.91 Å². The van der Waals surface area contributed by atoms with Crippen molar-refractivity contribution >= 4 is 11.9 Å². The number of carbonyl (C=O) groups excluding carboxylic acids is 1. The van der Waals surface area contributed by atoms with E-state index in [1.54, 1.807) is 17.0 Å². The van der Waals surface area contributed by atoms with Crippen molar-refractivity contribution in [3.8, 4) is 5.75 Å². The van der Waals surface area contributed by atoms with Gasteiger partial charge in [0.15, 0.2) is 6.61 Å². The Bertz CT molecular complexity index is 745. The van der Waals surface area contributed by atoms with E-state index in [0.717, 1.165) is 18.4 Å². The molecule has 0 atom stereocenters. The molecule has 130 valence electrons. The topological polar surface area (TPSA) is 66.8 Å². The van der Waals surface area contributed by atoms with Gasteiger partial charge in [-0.1, -0.05) is 36.4 Å². The van der Waals surface area contributed by atoms with E-state index in [-0.39, 0.29) is 18.4 Å². The third-order valence-electron chi connectivity index (χ3n) is 4.48. The fourth-order valence-electron chi connectivity index (χ4n) is 3.23. The number of aliphatic carboxylic acids is 1. The van der Waals surface area contributed by atoms with Crippen LogP contribution in [0.2, 0.25) is 0 Å². The van der Waals surface area contributed by atoms with E-state index < -0.39 is 5.97 Å². The number of hydrogen-bond acceptors (Lipinski definition) is 3. The highest BCUT2D eigenvalue weighted by molar-refractivity contribution is 5.80. The number of fused-ring (bicyclic) bond motifs is 1. The fourth-order valence-corrected chi connectivity index (χ4v) is 3.23. The molecule has 2 aromatic rings. The number of ether oxygens (including phenoxy) is 1. The quantitative estimate of drug-likeness (QED) is 0.878. The van der Waals surface area contributed by atoms with Crippen LogP contribution in [0, 0.1) is 5.92 Å². The second-order valence-corrected chi connectivity index (χ2v) is 6.39. The Morgan fingerprint density at radius 3 is 2.24 bits per heavy atom. The third-order valence-corrected chi connectivity index (χ3v) is 4.48. The van der Waals surface area contributed by atoms with Gasteiger partial charge in [-0.2, -0.15) is 0 Å². The molecule has 1 amide bonds. The molecule has 0 aromatic heterocycles. The number of hydrogen-bond donors (Lipinski definition) is 1. The molecule has 1 aliphatic rings. The van der Waals surface area contributed by atoms with Gasteiger partial charge in [-0.15, -0.1) is 0 Å². The predicted octanol–water partition coefficient (Wildman–Crippen LogP) is 2.52. The van der Waals surface area contributed by atoms with Crippen molar-refractivity contribution < 1.29 is 19.4 Å². The lowest BCUT2D eigenvalue weighted by molar-refractivity contribution is -0.139. The average molecular weight is 339 g/mol. The molecule has 5 nitrogen and oxygen atoms in total. The molecule has 0 spiro atoms. The van der Waals surface area contributed by atoms with Gasteiger partial charge < -0.3 is 14.7 Å². The van der Waals surface area contributed by atoms with Crippen LogP contribution in [0.1, 0.15) is 16.7 Å². The third kappa shape index (κ3) is 4.18. The molecule has 0 radical (unpaired) electrons. The standard InChI is InChI=1S/C20H21NO4/c1-21(12-14-6-8-18(9-7-14)25-13-19(22)23)20(24)17-10-15-4-2-3-5-16(15)11-17/h2-9,17H,10-13H2,1H3,(H,22,23). The molecule has 0 heterocycles. The molecule has 3 rings (SSSR count). The summed E-state index contributed by atoms with van der Waals surface area (Å²) in [4.78, 5) is 25.0. The maximum atomic E-state index is 12.7. The van der Waals surface area contributed by atoms with Crippen molar-refractivity contribution in [1.82, 2.24) is 4.90 Å². The molecule has 0 aliphatic heterocycles. The van der Waals surface area contributed by atoms with Crippen LogP contribution in [0.5, 0.6) is 5.75 Å². The predicted molar refractivity (Wildman–Crippen MR) is 93.4 cm³/mol. The van der Waals surface area contributed by atoms with E-state index >= 15 is 0 Å². The molecule has 1 aliphatic carbocycles. The summed E-state index contributed by atoms with van der Waals surface area (Å²) in [5.41, 5.74) is 3.53. The van der Waals surface area contributed by atoms with E-state index in [1.165, 1.54) is 11.1 Å². The van der Waals surface area contributed by atoms with Crippen LogP contribution in [0.3, 0.4) is 0 Å². The highest BCUT2D eigenvalue weighted by Gasteiger charge is 2.29. The summed E-state index contributed by atoms with van der Waals surface area (Å²) in [6, 6.07) is 15.4. The largest absolute Gasteiger partial charge is 0.482 e. The van der Waals surface area contributed by atoms with Crippen LogP contribution in [0.15, 0.2) is 48.5 Å². The van der Waals surface area contributed by atoms with Crippen LogP contribution < -0.4 is 4.74 Å². The Kier molecular flexibility index (Phi) is 5.03. The molecule has 0 saturated carbocycles. The second kappa shape index (κ2) is 7.38. The van der Waals surface area contributed by atoms with Crippen molar-refractivity contribution in [2.75, 3.05) is 13.7 Å². The lowest BCUT2D eigenvalue weighted by Crippen LogP contribution is -2.32. The van der Waals surface area contributed by atoms with Gasteiger partial charge in [0.25, 0.3) is 0 Å². The summed E-state index contributed by atoms with van der Waals surface area (Å²) in [6.07, 6.45) is 1.61. The molecule has 0 bridgehead atoms. The van der Waals surface area contributed by atoms with Crippen molar-refractivity contribution in [2.24, 2.45) is 5.92 Å². The van der Waals surface area contributed by atoms with Crippen molar-refractivity contribution in [1.29, 1.82) is 0 Å². The minimum absolute atomic E-state index is 0.0144. The lowest BCUT2D eigenvalue weighted by Gasteiger charge is -2.21. The minimum Gasteiger partial charge on any atom is -0.482 e. The van der Waals surface area contributed by atoms with E-state index in [1.807, 2.05) is 31.3 Å². The van der Waals surface area contributed by atoms with Gasteiger partial charge in [-0.25, -0.2) is 4.79 Å². The summed E-state index contributed by atoms with van der Waals surface area (Å²) in [6.45, 7) is 0.158. The molecule has 5 heteroatoms. The SMILES string of the molecule is CN(Cc1ccc(OCC(=O)O)cc1)C(=O)C1Cc2ccccc2C1. The Morgan fingerprint density at radius 1 is 1.08 bits per heavy atom. The number of benzene rings is 2. The number of rotatable bonds is 6. The number of carboxylic acid groups (broad SMARTS) is 1. The van der Waals surface area contributed by atoms with E-state index in [4.69, 9.17) is 9.84 Å². The van der Waals surface area contributed by atoms with Crippen LogP contribution >= 0.6 is 0 Å². The summed E-state index contributed by atoms with van der Waals surface area (Å²) in [7, 11) is 1.82. The first-order valence-corrected chi connectivity index (χ1v) is 8.28. The minimum atomic E-state index is -1.01. The molecule has 25 heavy (non-hydrogen) atoms. The first kappa shape index (κ1) is 17.0. The van der Waals surface area contributed by atoms with Gasteiger partial charge in [0.05, 0.1) is 0 Å². The number of nitrogens with zero attached hydrogens (tertiary/aromatic N) is 1. The smallest absolute Gasteiger partial charge is 0.341 e.